The maximum absolute atomic E-state index is 4.34. The van der Waals surface area contributed by atoms with Gasteiger partial charge in [-0.05, 0) is 21.3 Å². The first-order chi connectivity index (χ1) is 6.86. The Morgan fingerprint density at radius 1 is 1.21 bits per heavy atom. The van der Waals surface area contributed by atoms with Gasteiger partial charge in [0.15, 0.2) is 0 Å². The van der Waals surface area contributed by atoms with E-state index in [4.69, 9.17) is 0 Å². The molecule has 0 radical (unpaired) electrons. The normalized spacial score (nSPS) is 11.2. The Bertz CT molecular complexity index is 613. The molecule has 0 aliphatic heterocycles. The zero-order chi connectivity index (χ0) is 9.54. The number of nitrogens with one attached hydrogen (secondary N) is 1. The van der Waals surface area contributed by atoms with Crippen molar-refractivity contribution in [1.29, 1.82) is 0 Å². The standard InChI is InChI=1S/C11H7BrN2/c12-9-6-14-11-10(9)8-4-2-1-3-7(8)5-13-11/h1-6H,(H,13,14). The van der Waals surface area contributed by atoms with Crippen LogP contribution in [-0.2, 0) is 0 Å². The van der Waals surface area contributed by atoms with Crippen LogP contribution in [0.3, 0.4) is 0 Å². The van der Waals surface area contributed by atoms with Gasteiger partial charge >= 0.3 is 0 Å². The zero-order valence-corrected chi connectivity index (χ0v) is 8.88. The molecule has 3 heteroatoms. The van der Waals surface area contributed by atoms with E-state index in [0.717, 1.165) is 15.5 Å². The lowest BCUT2D eigenvalue weighted by atomic mass is 10.1. The molecule has 2 heterocycles. The van der Waals surface area contributed by atoms with E-state index < -0.39 is 0 Å². The van der Waals surface area contributed by atoms with Gasteiger partial charge in [0.05, 0.1) is 0 Å². The van der Waals surface area contributed by atoms with Crippen LogP contribution in [0, 0.1) is 0 Å². The summed E-state index contributed by atoms with van der Waals surface area (Å²) in [7, 11) is 0. The molecule has 3 aromatic rings. The van der Waals surface area contributed by atoms with Gasteiger partial charge in [0, 0.05) is 27.6 Å². The fourth-order valence-corrected chi connectivity index (χ4v) is 2.23. The van der Waals surface area contributed by atoms with Crippen LogP contribution in [0.25, 0.3) is 21.8 Å². The molecule has 1 N–H and O–H groups in total. The van der Waals surface area contributed by atoms with E-state index in [9.17, 15) is 0 Å². The Morgan fingerprint density at radius 3 is 3.00 bits per heavy atom. The summed E-state index contributed by atoms with van der Waals surface area (Å²) >= 11 is 3.52. The molecular formula is C11H7BrN2. The molecule has 0 amide bonds. The fourth-order valence-electron chi connectivity index (χ4n) is 1.72. The van der Waals surface area contributed by atoms with E-state index in [1.807, 2.05) is 24.5 Å². The molecule has 2 nitrogen and oxygen atoms in total. The molecule has 0 unspecified atom stereocenters. The number of hydrogen-bond donors (Lipinski definition) is 1. The predicted octanol–water partition coefficient (Wildman–Crippen LogP) is 3.48. The number of H-pyrrole nitrogens is 1. The molecule has 1 aromatic carbocycles. The van der Waals surface area contributed by atoms with Crippen molar-refractivity contribution in [2.24, 2.45) is 0 Å². The van der Waals surface area contributed by atoms with Crippen LogP contribution in [0.15, 0.2) is 41.1 Å². The van der Waals surface area contributed by atoms with Crippen LogP contribution in [0.5, 0.6) is 0 Å². The smallest absolute Gasteiger partial charge is 0.139 e. The van der Waals surface area contributed by atoms with Crippen molar-refractivity contribution < 1.29 is 0 Å². The number of nitrogens with zero attached hydrogens (tertiary/aromatic N) is 1. The summed E-state index contributed by atoms with van der Waals surface area (Å²) in [5, 5.41) is 3.55. The molecular weight excluding hydrogens is 240 g/mol. The molecule has 0 spiro atoms. The largest absolute Gasteiger partial charge is 0.345 e. The van der Waals surface area contributed by atoms with Crippen molar-refractivity contribution >= 4 is 37.7 Å². The minimum Gasteiger partial charge on any atom is -0.345 e. The summed E-state index contributed by atoms with van der Waals surface area (Å²) < 4.78 is 1.07. The molecule has 2 aromatic heterocycles. The van der Waals surface area contributed by atoms with Crippen molar-refractivity contribution in [2.75, 3.05) is 0 Å². The molecule has 14 heavy (non-hydrogen) atoms. The molecule has 0 fully saturated rings. The highest BCUT2D eigenvalue weighted by Gasteiger charge is 2.05. The third kappa shape index (κ3) is 0.990. The summed E-state index contributed by atoms with van der Waals surface area (Å²) in [5.41, 5.74) is 0.926. The number of pyridine rings is 1. The Labute approximate surface area is 89.1 Å². The molecule has 0 bridgehead atoms. The highest BCUT2D eigenvalue weighted by molar-refractivity contribution is 9.10. The summed E-state index contributed by atoms with van der Waals surface area (Å²) in [6.07, 6.45) is 3.81. The SMILES string of the molecule is Brc1c[nH]c2ncc3ccccc3c12. The van der Waals surface area contributed by atoms with Crippen LogP contribution in [0.2, 0.25) is 0 Å². The van der Waals surface area contributed by atoms with E-state index in [1.165, 1.54) is 10.8 Å². The Kier molecular flexibility index (Phi) is 1.61. The summed E-state index contributed by atoms with van der Waals surface area (Å²) in [6.45, 7) is 0. The summed E-state index contributed by atoms with van der Waals surface area (Å²) in [5.74, 6) is 0. The van der Waals surface area contributed by atoms with Crippen molar-refractivity contribution in [3.8, 4) is 0 Å². The first kappa shape index (κ1) is 8.00. The first-order valence-electron chi connectivity index (χ1n) is 4.36. The van der Waals surface area contributed by atoms with Gasteiger partial charge in [-0.2, -0.15) is 0 Å². The van der Waals surface area contributed by atoms with E-state index in [1.54, 1.807) is 0 Å². The number of fused-ring (bicyclic) bond motifs is 3. The topological polar surface area (TPSA) is 28.7 Å². The Morgan fingerprint density at radius 2 is 2.07 bits per heavy atom. The second kappa shape index (κ2) is 2.82. The van der Waals surface area contributed by atoms with Gasteiger partial charge in [-0.3, -0.25) is 0 Å². The molecule has 0 aliphatic rings. The quantitative estimate of drug-likeness (QED) is 0.647. The van der Waals surface area contributed by atoms with Gasteiger partial charge in [-0.1, -0.05) is 24.3 Å². The summed E-state index contributed by atoms with van der Waals surface area (Å²) in [4.78, 5) is 7.47. The second-order valence-electron chi connectivity index (χ2n) is 3.21. The number of aromatic amines is 1. The summed E-state index contributed by atoms with van der Waals surface area (Å²) in [6, 6.07) is 8.25. The number of aromatic nitrogens is 2. The number of benzene rings is 1. The van der Waals surface area contributed by atoms with E-state index in [2.05, 4.69) is 38.0 Å². The van der Waals surface area contributed by atoms with Crippen molar-refractivity contribution in [3.05, 3.63) is 41.1 Å². The Hall–Kier alpha value is -1.35. The van der Waals surface area contributed by atoms with E-state index in [-0.39, 0.29) is 0 Å². The van der Waals surface area contributed by atoms with Gasteiger partial charge in [0.25, 0.3) is 0 Å². The van der Waals surface area contributed by atoms with Gasteiger partial charge in [-0.15, -0.1) is 0 Å². The van der Waals surface area contributed by atoms with Crippen molar-refractivity contribution in [1.82, 2.24) is 9.97 Å². The average Bonchev–Trinajstić information content (AvgIpc) is 2.61. The number of rotatable bonds is 0. The average molecular weight is 247 g/mol. The highest BCUT2D eigenvalue weighted by atomic mass is 79.9. The molecule has 0 saturated carbocycles. The predicted molar refractivity (Wildman–Crippen MR) is 61.3 cm³/mol. The van der Waals surface area contributed by atoms with Gasteiger partial charge in [0.1, 0.15) is 5.65 Å². The lowest BCUT2D eigenvalue weighted by Crippen LogP contribution is -1.78. The first-order valence-corrected chi connectivity index (χ1v) is 5.16. The van der Waals surface area contributed by atoms with Gasteiger partial charge in [-0.25, -0.2) is 4.98 Å². The number of halogens is 1. The minimum atomic E-state index is 0.926. The zero-order valence-electron chi connectivity index (χ0n) is 7.29. The lowest BCUT2D eigenvalue weighted by molar-refractivity contribution is 1.34. The third-order valence-corrected chi connectivity index (χ3v) is 3.00. The van der Waals surface area contributed by atoms with Crippen LogP contribution in [-0.4, -0.2) is 9.97 Å². The number of hydrogen-bond acceptors (Lipinski definition) is 1. The van der Waals surface area contributed by atoms with Crippen molar-refractivity contribution in [2.45, 2.75) is 0 Å². The van der Waals surface area contributed by atoms with Crippen molar-refractivity contribution in [3.63, 3.8) is 0 Å². The van der Waals surface area contributed by atoms with E-state index in [0.29, 0.717) is 0 Å². The molecule has 0 saturated heterocycles. The van der Waals surface area contributed by atoms with Crippen LogP contribution < -0.4 is 0 Å². The van der Waals surface area contributed by atoms with Gasteiger partial charge in [0.2, 0.25) is 0 Å². The monoisotopic (exact) mass is 246 g/mol. The lowest BCUT2D eigenvalue weighted by Gasteiger charge is -1.98. The van der Waals surface area contributed by atoms with E-state index >= 15 is 0 Å². The third-order valence-electron chi connectivity index (χ3n) is 2.37. The maximum atomic E-state index is 4.34. The maximum Gasteiger partial charge on any atom is 0.139 e. The van der Waals surface area contributed by atoms with Crippen LogP contribution >= 0.6 is 15.9 Å². The van der Waals surface area contributed by atoms with Crippen LogP contribution in [0.4, 0.5) is 0 Å². The second-order valence-corrected chi connectivity index (χ2v) is 4.06. The van der Waals surface area contributed by atoms with Gasteiger partial charge < -0.3 is 4.98 Å². The minimum absolute atomic E-state index is 0.926. The Balaban J connectivity index is 2.65. The molecule has 0 atom stereocenters. The molecule has 0 aliphatic carbocycles. The van der Waals surface area contributed by atoms with Crippen LogP contribution in [0.1, 0.15) is 0 Å². The fraction of sp³-hybridized carbons (Fsp3) is 0. The molecule has 3 rings (SSSR count). The highest BCUT2D eigenvalue weighted by Crippen LogP contribution is 2.29. The molecule has 68 valence electrons.